The molecule has 3 aromatic rings. The van der Waals surface area contributed by atoms with E-state index >= 15 is 0 Å². The Balaban J connectivity index is 1.51. The molecular weight excluding hydrogens is 364 g/mol. The van der Waals surface area contributed by atoms with Gasteiger partial charge in [-0.2, -0.15) is 0 Å². The normalized spacial score (nSPS) is 15.6. The Morgan fingerprint density at radius 1 is 1.22 bits per heavy atom. The molecule has 1 aliphatic heterocycles. The molecule has 3 heterocycles. The molecule has 7 nitrogen and oxygen atoms in total. The van der Waals surface area contributed by atoms with Gasteiger partial charge in [0.05, 0.1) is 23.1 Å². The van der Waals surface area contributed by atoms with Crippen LogP contribution in [0.2, 0.25) is 0 Å². The van der Waals surface area contributed by atoms with Crippen molar-refractivity contribution in [2.24, 2.45) is 0 Å². The van der Waals surface area contributed by atoms with Gasteiger partial charge in [0.2, 0.25) is 11.8 Å². The summed E-state index contributed by atoms with van der Waals surface area (Å²) in [6.07, 6.45) is 4.38. The number of rotatable bonds is 2. The molecule has 0 atom stereocenters. The van der Waals surface area contributed by atoms with Crippen molar-refractivity contribution in [2.45, 2.75) is 25.8 Å². The third-order valence-electron chi connectivity index (χ3n) is 5.07. The Bertz CT molecular complexity index is 1160. The second-order valence-electron chi connectivity index (χ2n) is 6.76. The Morgan fingerprint density at radius 3 is 2.96 bits per heavy atom. The summed E-state index contributed by atoms with van der Waals surface area (Å²) in [5.74, 6) is -0.564. The van der Waals surface area contributed by atoms with Crippen molar-refractivity contribution < 1.29 is 9.59 Å². The standard InChI is InChI=1S/C19H16N4O3S/c24-15-8-23(13-6-2-1-5-12(13)21-15)16(25)9-22-10-20-18-17(19(22)26)11-4-3-7-14(11)27-18/h1-2,5-6,10H,3-4,7-9H2,(H,21,24). The van der Waals surface area contributed by atoms with Gasteiger partial charge in [-0.05, 0) is 37.0 Å². The fourth-order valence-electron chi connectivity index (χ4n) is 3.82. The topological polar surface area (TPSA) is 84.3 Å². The Hall–Kier alpha value is -3.00. The van der Waals surface area contributed by atoms with E-state index in [1.165, 1.54) is 20.7 Å². The van der Waals surface area contributed by atoms with E-state index in [-0.39, 0.29) is 30.5 Å². The number of nitrogens with zero attached hydrogens (tertiary/aromatic N) is 3. The molecule has 1 N–H and O–H groups in total. The summed E-state index contributed by atoms with van der Waals surface area (Å²) in [5, 5.41) is 3.41. The van der Waals surface area contributed by atoms with Crippen LogP contribution in [0.4, 0.5) is 11.4 Å². The smallest absolute Gasteiger partial charge is 0.262 e. The Morgan fingerprint density at radius 2 is 2.07 bits per heavy atom. The first-order chi connectivity index (χ1) is 13.1. The number of fused-ring (bicyclic) bond motifs is 4. The van der Waals surface area contributed by atoms with Gasteiger partial charge in [-0.15, -0.1) is 11.3 Å². The number of aromatic nitrogens is 2. The molecule has 0 radical (unpaired) electrons. The lowest BCUT2D eigenvalue weighted by atomic mass is 10.2. The number of aryl methyl sites for hydroxylation is 2. The average Bonchev–Trinajstić information content (AvgIpc) is 3.24. The summed E-state index contributed by atoms with van der Waals surface area (Å²) in [5.41, 5.74) is 2.15. The van der Waals surface area contributed by atoms with Crippen molar-refractivity contribution in [2.75, 3.05) is 16.8 Å². The Labute approximate surface area is 158 Å². The van der Waals surface area contributed by atoms with Gasteiger partial charge in [0.25, 0.3) is 5.56 Å². The predicted molar refractivity (Wildman–Crippen MR) is 103 cm³/mol. The van der Waals surface area contributed by atoms with Crippen LogP contribution in [0.5, 0.6) is 0 Å². The first-order valence-electron chi connectivity index (χ1n) is 8.81. The molecule has 0 spiro atoms. The highest BCUT2D eigenvalue weighted by atomic mass is 32.1. The van der Waals surface area contributed by atoms with Crippen LogP contribution in [0.15, 0.2) is 35.4 Å². The molecule has 0 saturated heterocycles. The van der Waals surface area contributed by atoms with Crippen LogP contribution >= 0.6 is 11.3 Å². The summed E-state index contributed by atoms with van der Waals surface area (Å²) in [7, 11) is 0. The third-order valence-corrected chi connectivity index (χ3v) is 6.27. The lowest BCUT2D eigenvalue weighted by Gasteiger charge is -2.29. The van der Waals surface area contributed by atoms with Crippen LogP contribution < -0.4 is 15.8 Å². The lowest BCUT2D eigenvalue weighted by molar-refractivity contribution is -0.122. The van der Waals surface area contributed by atoms with Crippen molar-refractivity contribution in [3.8, 4) is 0 Å². The van der Waals surface area contributed by atoms with Crippen LogP contribution in [0, 0.1) is 0 Å². The maximum Gasteiger partial charge on any atom is 0.262 e. The van der Waals surface area contributed by atoms with Crippen LogP contribution in [-0.2, 0) is 29.0 Å². The molecule has 1 aliphatic carbocycles. The summed E-state index contributed by atoms with van der Waals surface area (Å²) >= 11 is 1.57. The zero-order valence-electron chi connectivity index (χ0n) is 14.4. The van der Waals surface area contributed by atoms with Gasteiger partial charge in [-0.25, -0.2) is 4.98 Å². The van der Waals surface area contributed by atoms with Gasteiger partial charge in [0.15, 0.2) is 0 Å². The van der Waals surface area contributed by atoms with Crippen molar-refractivity contribution >= 4 is 44.7 Å². The van der Waals surface area contributed by atoms with Crippen LogP contribution in [0.3, 0.4) is 0 Å². The molecule has 136 valence electrons. The highest BCUT2D eigenvalue weighted by Crippen LogP contribution is 2.34. The number of para-hydroxylation sites is 2. The van der Waals surface area contributed by atoms with Gasteiger partial charge >= 0.3 is 0 Å². The minimum atomic E-state index is -0.313. The molecule has 2 aliphatic rings. The largest absolute Gasteiger partial charge is 0.323 e. The number of thiophene rings is 1. The van der Waals surface area contributed by atoms with Gasteiger partial charge in [-0.3, -0.25) is 23.9 Å². The number of nitrogens with one attached hydrogen (secondary N) is 1. The first-order valence-corrected chi connectivity index (χ1v) is 9.62. The number of carbonyl (C=O) groups is 2. The van der Waals surface area contributed by atoms with E-state index in [1.807, 2.05) is 6.07 Å². The zero-order chi connectivity index (χ0) is 18.5. The van der Waals surface area contributed by atoms with Crippen molar-refractivity contribution in [1.29, 1.82) is 0 Å². The van der Waals surface area contributed by atoms with E-state index in [9.17, 15) is 14.4 Å². The van der Waals surface area contributed by atoms with E-state index in [1.54, 1.807) is 29.5 Å². The van der Waals surface area contributed by atoms with Gasteiger partial charge in [0, 0.05) is 4.88 Å². The van der Waals surface area contributed by atoms with Gasteiger partial charge in [-0.1, -0.05) is 12.1 Å². The third kappa shape index (κ3) is 2.56. The SMILES string of the molecule is O=C1CN(C(=O)Cn2cnc3sc4c(c3c2=O)CCC4)c2ccccc2N1. The maximum atomic E-state index is 13.0. The molecule has 2 amide bonds. The summed E-state index contributed by atoms with van der Waals surface area (Å²) in [6, 6.07) is 7.14. The molecule has 1 aromatic carbocycles. The first kappa shape index (κ1) is 16.2. The van der Waals surface area contributed by atoms with E-state index < -0.39 is 0 Å². The molecule has 2 aromatic heterocycles. The number of anilines is 2. The van der Waals surface area contributed by atoms with Crippen LogP contribution in [0.25, 0.3) is 10.2 Å². The highest BCUT2D eigenvalue weighted by molar-refractivity contribution is 7.18. The second kappa shape index (κ2) is 6.02. The van der Waals surface area contributed by atoms with E-state index in [0.717, 1.165) is 29.7 Å². The highest BCUT2D eigenvalue weighted by Gasteiger charge is 2.27. The van der Waals surface area contributed by atoms with Crippen LogP contribution in [0.1, 0.15) is 16.9 Å². The molecule has 0 bridgehead atoms. The maximum absolute atomic E-state index is 13.0. The minimum Gasteiger partial charge on any atom is -0.323 e. The summed E-state index contributed by atoms with van der Waals surface area (Å²) in [4.78, 5) is 45.6. The molecule has 8 heteroatoms. The number of benzene rings is 1. The average molecular weight is 380 g/mol. The number of carbonyl (C=O) groups excluding carboxylic acids is 2. The molecular formula is C19H16N4O3S. The molecule has 5 rings (SSSR count). The molecule has 0 fully saturated rings. The van der Waals surface area contributed by atoms with Crippen molar-refractivity contribution in [3.63, 3.8) is 0 Å². The zero-order valence-corrected chi connectivity index (χ0v) is 15.2. The summed E-state index contributed by atoms with van der Waals surface area (Å²) in [6.45, 7) is -0.206. The van der Waals surface area contributed by atoms with Gasteiger partial charge in [0.1, 0.15) is 17.9 Å². The second-order valence-corrected chi connectivity index (χ2v) is 7.84. The van der Waals surface area contributed by atoms with Crippen molar-refractivity contribution in [3.05, 3.63) is 51.4 Å². The molecule has 0 unspecified atom stereocenters. The van der Waals surface area contributed by atoms with E-state index in [4.69, 9.17) is 0 Å². The van der Waals surface area contributed by atoms with E-state index in [2.05, 4.69) is 10.3 Å². The monoisotopic (exact) mass is 380 g/mol. The molecule has 27 heavy (non-hydrogen) atoms. The lowest BCUT2D eigenvalue weighted by Crippen LogP contribution is -2.44. The van der Waals surface area contributed by atoms with Crippen molar-refractivity contribution in [1.82, 2.24) is 9.55 Å². The number of amides is 2. The number of hydrogen-bond donors (Lipinski definition) is 1. The summed E-state index contributed by atoms with van der Waals surface area (Å²) < 4.78 is 1.35. The van der Waals surface area contributed by atoms with E-state index in [0.29, 0.717) is 16.8 Å². The Kier molecular flexibility index (Phi) is 3.61. The number of hydrogen-bond acceptors (Lipinski definition) is 5. The van der Waals surface area contributed by atoms with Gasteiger partial charge < -0.3 is 5.32 Å². The fourth-order valence-corrected chi connectivity index (χ4v) is 5.04. The van der Waals surface area contributed by atoms with Crippen LogP contribution in [-0.4, -0.2) is 27.9 Å². The fraction of sp³-hybridized carbons (Fsp3) is 0.263. The quantitative estimate of drug-likeness (QED) is 0.736. The molecule has 0 saturated carbocycles. The predicted octanol–water partition coefficient (Wildman–Crippen LogP) is 1.93. The minimum absolute atomic E-state index is 0.0614.